The zero-order chi connectivity index (χ0) is 23.3. The van der Waals surface area contributed by atoms with Crippen LogP contribution in [0.3, 0.4) is 0 Å². The normalized spacial score (nSPS) is 11.2. The fraction of sp³-hybridized carbons (Fsp3) is 0.750. The predicted octanol–water partition coefficient (Wildman–Crippen LogP) is 2.74. The average Bonchev–Trinajstić information content (AvgIpc) is 2.76. The molecule has 0 spiro atoms. The smallest absolute Gasteiger partial charge is 0.125 e. The summed E-state index contributed by atoms with van der Waals surface area (Å²) in [4.78, 5) is 0. The molecule has 0 saturated carbocycles. The standard InChI is InChI=1S/C24H42O8/c1-21-19-22(2)24(23(3)20-21)32-18-17-31-16-15-30-14-13-29-12-11-28-10-9-27-8-7-26-6-5-25-4/h19-20H,5-18H2,1-4H3. The van der Waals surface area contributed by atoms with Gasteiger partial charge in [-0.25, -0.2) is 0 Å². The van der Waals surface area contributed by atoms with Crippen molar-refractivity contribution in [3.8, 4) is 5.75 Å². The topological polar surface area (TPSA) is 73.8 Å². The van der Waals surface area contributed by atoms with Gasteiger partial charge in [-0.05, 0) is 31.9 Å². The van der Waals surface area contributed by atoms with Gasteiger partial charge in [-0.3, -0.25) is 0 Å². The molecule has 0 fully saturated rings. The fourth-order valence-corrected chi connectivity index (χ4v) is 2.94. The number of hydrogen-bond donors (Lipinski definition) is 0. The molecule has 0 radical (unpaired) electrons. The fourth-order valence-electron chi connectivity index (χ4n) is 2.94. The Kier molecular flexibility index (Phi) is 18.3. The van der Waals surface area contributed by atoms with Gasteiger partial charge in [-0.15, -0.1) is 0 Å². The van der Waals surface area contributed by atoms with E-state index in [1.54, 1.807) is 7.11 Å². The quantitative estimate of drug-likeness (QED) is 0.246. The van der Waals surface area contributed by atoms with Crippen LogP contribution in [0.25, 0.3) is 0 Å². The molecule has 8 heteroatoms. The maximum absolute atomic E-state index is 5.84. The van der Waals surface area contributed by atoms with E-state index in [9.17, 15) is 0 Å². The van der Waals surface area contributed by atoms with Crippen LogP contribution in [0, 0.1) is 20.8 Å². The molecular weight excluding hydrogens is 416 g/mol. The van der Waals surface area contributed by atoms with Gasteiger partial charge in [-0.2, -0.15) is 0 Å². The Labute approximate surface area is 193 Å². The van der Waals surface area contributed by atoms with Crippen LogP contribution in [0.2, 0.25) is 0 Å². The SMILES string of the molecule is COCCOCCOCCOCCOCCOCCOCCOc1c(C)cc(C)cc1C. The Morgan fingerprint density at radius 2 is 0.781 bits per heavy atom. The minimum absolute atomic E-state index is 0.529. The maximum Gasteiger partial charge on any atom is 0.125 e. The number of aryl methyl sites for hydroxylation is 3. The van der Waals surface area contributed by atoms with Gasteiger partial charge in [0, 0.05) is 7.11 Å². The van der Waals surface area contributed by atoms with Crippen LogP contribution in [0.1, 0.15) is 16.7 Å². The van der Waals surface area contributed by atoms with Crippen molar-refractivity contribution in [2.45, 2.75) is 20.8 Å². The summed E-state index contributed by atoms with van der Waals surface area (Å²) in [6, 6.07) is 4.26. The highest BCUT2D eigenvalue weighted by Crippen LogP contribution is 2.24. The highest BCUT2D eigenvalue weighted by Gasteiger charge is 2.04. The van der Waals surface area contributed by atoms with E-state index >= 15 is 0 Å². The van der Waals surface area contributed by atoms with Gasteiger partial charge in [0.2, 0.25) is 0 Å². The lowest BCUT2D eigenvalue weighted by Crippen LogP contribution is -2.15. The molecule has 1 rings (SSSR count). The summed E-state index contributed by atoms with van der Waals surface area (Å²) in [5.41, 5.74) is 3.56. The van der Waals surface area contributed by atoms with Crippen LogP contribution in [0.4, 0.5) is 0 Å². The van der Waals surface area contributed by atoms with Gasteiger partial charge >= 0.3 is 0 Å². The van der Waals surface area contributed by atoms with Crippen molar-refractivity contribution in [2.24, 2.45) is 0 Å². The highest BCUT2D eigenvalue weighted by atomic mass is 16.6. The van der Waals surface area contributed by atoms with E-state index in [1.165, 1.54) is 5.56 Å². The zero-order valence-electron chi connectivity index (χ0n) is 20.3. The second kappa shape index (κ2) is 20.4. The Balaban J connectivity index is 1.77. The summed E-state index contributed by atoms with van der Waals surface area (Å²) in [6.45, 7) is 13.9. The lowest BCUT2D eigenvalue weighted by molar-refractivity contribution is -0.0199. The number of hydrogen-bond acceptors (Lipinski definition) is 8. The van der Waals surface area contributed by atoms with E-state index in [0.717, 1.165) is 16.9 Å². The molecule has 0 atom stereocenters. The van der Waals surface area contributed by atoms with Gasteiger partial charge in [0.15, 0.2) is 0 Å². The third-order valence-electron chi connectivity index (χ3n) is 4.37. The molecule has 1 aromatic rings. The Morgan fingerprint density at radius 1 is 0.469 bits per heavy atom. The molecule has 0 N–H and O–H groups in total. The first kappa shape index (κ1) is 28.8. The lowest BCUT2D eigenvalue weighted by Gasteiger charge is -2.13. The van der Waals surface area contributed by atoms with E-state index < -0.39 is 0 Å². The molecule has 0 aliphatic heterocycles. The highest BCUT2D eigenvalue weighted by molar-refractivity contribution is 5.42. The second-order valence-electron chi connectivity index (χ2n) is 7.24. The van der Waals surface area contributed by atoms with Crippen molar-refractivity contribution in [1.29, 1.82) is 0 Å². The van der Waals surface area contributed by atoms with Gasteiger partial charge in [0.1, 0.15) is 12.4 Å². The van der Waals surface area contributed by atoms with Gasteiger partial charge in [0.25, 0.3) is 0 Å². The summed E-state index contributed by atoms with van der Waals surface area (Å²) in [6.07, 6.45) is 0. The Hall–Kier alpha value is -1.26. The van der Waals surface area contributed by atoms with Crippen LogP contribution < -0.4 is 4.74 Å². The average molecular weight is 459 g/mol. The van der Waals surface area contributed by atoms with Gasteiger partial charge in [-0.1, -0.05) is 17.7 Å². The monoisotopic (exact) mass is 458 g/mol. The zero-order valence-corrected chi connectivity index (χ0v) is 20.3. The molecule has 0 saturated heterocycles. The Morgan fingerprint density at radius 3 is 1.12 bits per heavy atom. The molecule has 0 unspecified atom stereocenters. The van der Waals surface area contributed by atoms with Crippen molar-refractivity contribution < 1.29 is 37.9 Å². The van der Waals surface area contributed by atoms with Crippen LogP contribution >= 0.6 is 0 Å². The van der Waals surface area contributed by atoms with E-state index in [0.29, 0.717) is 92.5 Å². The summed E-state index contributed by atoms with van der Waals surface area (Å²) in [7, 11) is 1.65. The van der Waals surface area contributed by atoms with E-state index in [-0.39, 0.29) is 0 Å². The molecule has 0 aromatic heterocycles. The van der Waals surface area contributed by atoms with Crippen molar-refractivity contribution in [3.05, 3.63) is 28.8 Å². The molecule has 0 bridgehead atoms. The molecule has 32 heavy (non-hydrogen) atoms. The van der Waals surface area contributed by atoms with Crippen molar-refractivity contribution in [2.75, 3.05) is 99.6 Å². The van der Waals surface area contributed by atoms with E-state index in [1.807, 2.05) is 0 Å². The van der Waals surface area contributed by atoms with Crippen LogP contribution in [0.15, 0.2) is 12.1 Å². The first-order chi connectivity index (χ1) is 15.6. The van der Waals surface area contributed by atoms with Crippen LogP contribution in [0.5, 0.6) is 5.75 Å². The van der Waals surface area contributed by atoms with E-state index in [4.69, 9.17) is 37.9 Å². The van der Waals surface area contributed by atoms with Gasteiger partial charge in [0.05, 0.1) is 85.9 Å². The molecule has 0 heterocycles. The molecule has 186 valence electrons. The first-order valence-electron chi connectivity index (χ1n) is 11.3. The van der Waals surface area contributed by atoms with Gasteiger partial charge < -0.3 is 37.9 Å². The largest absolute Gasteiger partial charge is 0.491 e. The van der Waals surface area contributed by atoms with Crippen molar-refractivity contribution in [1.82, 2.24) is 0 Å². The third kappa shape index (κ3) is 15.5. The first-order valence-corrected chi connectivity index (χ1v) is 11.3. The lowest BCUT2D eigenvalue weighted by atomic mass is 10.1. The Bertz CT molecular complexity index is 544. The minimum Gasteiger partial charge on any atom is -0.491 e. The van der Waals surface area contributed by atoms with E-state index in [2.05, 4.69) is 32.9 Å². The number of rotatable bonds is 22. The molecular formula is C24H42O8. The molecule has 0 amide bonds. The summed E-state index contributed by atoms with van der Waals surface area (Å²) in [5.74, 6) is 0.951. The predicted molar refractivity (Wildman–Crippen MR) is 123 cm³/mol. The number of methoxy groups -OCH3 is 1. The molecule has 0 aliphatic rings. The summed E-state index contributed by atoms with van der Waals surface area (Å²) < 4.78 is 43.3. The molecule has 1 aromatic carbocycles. The number of ether oxygens (including phenoxy) is 8. The van der Waals surface area contributed by atoms with Crippen molar-refractivity contribution in [3.63, 3.8) is 0 Å². The molecule has 8 nitrogen and oxygen atoms in total. The third-order valence-corrected chi connectivity index (χ3v) is 4.37. The van der Waals surface area contributed by atoms with Crippen LogP contribution in [-0.2, 0) is 33.2 Å². The summed E-state index contributed by atoms with van der Waals surface area (Å²) >= 11 is 0. The van der Waals surface area contributed by atoms with Crippen molar-refractivity contribution >= 4 is 0 Å². The van der Waals surface area contributed by atoms with Crippen LogP contribution in [-0.4, -0.2) is 99.6 Å². The second-order valence-corrected chi connectivity index (χ2v) is 7.24. The maximum atomic E-state index is 5.84. The minimum atomic E-state index is 0.529. The summed E-state index contributed by atoms with van der Waals surface area (Å²) in [5, 5.41) is 0. The molecule has 0 aliphatic carbocycles. The number of benzene rings is 1.